The molecule has 0 bridgehead atoms. The van der Waals surface area contributed by atoms with Crippen molar-refractivity contribution in [2.45, 2.75) is 25.3 Å². The van der Waals surface area contributed by atoms with Crippen molar-refractivity contribution < 1.29 is 5.11 Å². The summed E-state index contributed by atoms with van der Waals surface area (Å²) in [6.07, 6.45) is 4.23. The fourth-order valence-corrected chi connectivity index (χ4v) is 2.47. The van der Waals surface area contributed by atoms with Gasteiger partial charge in [0, 0.05) is 24.1 Å². The molecule has 0 atom stereocenters. The molecule has 1 aliphatic rings. The van der Waals surface area contributed by atoms with Crippen molar-refractivity contribution in [1.82, 2.24) is 24.6 Å². The zero-order valence-corrected chi connectivity index (χ0v) is 12.2. The van der Waals surface area contributed by atoms with Crippen LogP contribution in [-0.2, 0) is 6.42 Å². The molecule has 4 rings (SSSR count). The van der Waals surface area contributed by atoms with Gasteiger partial charge in [-0.15, -0.1) is 0 Å². The second kappa shape index (κ2) is 4.97. The minimum atomic E-state index is -0.452. The normalized spacial score (nSPS) is 14.3. The first-order valence-corrected chi connectivity index (χ1v) is 7.25. The van der Waals surface area contributed by atoms with E-state index >= 15 is 0 Å². The van der Waals surface area contributed by atoms with E-state index in [1.165, 1.54) is 0 Å². The third-order valence-electron chi connectivity index (χ3n) is 3.77. The predicted molar refractivity (Wildman–Crippen MR) is 84.7 cm³/mol. The van der Waals surface area contributed by atoms with Gasteiger partial charge in [-0.25, -0.2) is 14.8 Å². The number of hydrogen-bond donors (Lipinski definition) is 4. The quantitative estimate of drug-likeness (QED) is 0.522. The maximum atomic E-state index is 11.2. The van der Waals surface area contributed by atoms with Crippen LogP contribution >= 0.6 is 0 Å². The molecule has 0 unspecified atom stereocenters. The molecule has 118 valence electrons. The molecule has 1 saturated carbocycles. The molecule has 3 heterocycles. The fourth-order valence-electron chi connectivity index (χ4n) is 2.47. The van der Waals surface area contributed by atoms with Crippen molar-refractivity contribution in [3.05, 3.63) is 34.0 Å². The summed E-state index contributed by atoms with van der Waals surface area (Å²) < 4.78 is 1.70. The largest absolute Gasteiger partial charge is 0.493 e. The van der Waals surface area contributed by atoms with Crippen molar-refractivity contribution in [3.8, 4) is 5.88 Å². The summed E-state index contributed by atoms with van der Waals surface area (Å²) in [5, 5.41) is 17.4. The van der Waals surface area contributed by atoms with E-state index in [9.17, 15) is 9.90 Å². The van der Waals surface area contributed by atoms with E-state index in [1.807, 2.05) is 0 Å². The van der Waals surface area contributed by atoms with Crippen LogP contribution < -0.4 is 11.0 Å². The third-order valence-corrected chi connectivity index (χ3v) is 3.77. The van der Waals surface area contributed by atoms with Gasteiger partial charge in [0.25, 0.3) is 0 Å². The third kappa shape index (κ3) is 2.45. The molecule has 1 fully saturated rings. The molecule has 0 radical (unpaired) electrons. The molecule has 23 heavy (non-hydrogen) atoms. The Bertz CT molecular complexity index is 948. The van der Waals surface area contributed by atoms with E-state index in [0.717, 1.165) is 24.2 Å². The number of fused-ring (bicyclic) bond motifs is 1. The molecule has 1 aliphatic carbocycles. The number of hydrogen-bond acceptors (Lipinski definition) is 6. The molecular formula is C14H15N7O2. The maximum Gasteiger partial charge on any atom is 0.325 e. The molecule has 9 nitrogen and oxygen atoms in total. The lowest BCUT2D eigenvalue weighted by atomic mass is 10.2. The summed E-state index contributed by atoms with van der Waals surface area (Å²) >= 11 is 0. The Labute approximate surface area is 130 Å². The summed E-state index contributed by atoms with van der Waals surface area (Å²) in [5.74, 6) is 1.12. The molecule has 9 heteroatoms. The Balaban J connectivity index is 1.79. The summed E-state index contributed by atoms with van der Waals surface area (Å²) in [5.41, 5.74) is 1.31. The second-order valence-corrected chi connectivity index (χ2v) is 5.56. The highest BCUT2D eigenvalue weighted by molar-refractivity contribution is 5.61. The number of anilines is 1. The summed E-state index contributed by atoms with van der Waals surface area (Å²) in [6, 6.07) is 2.25. The molecular weight excluding hydrogens is 298 g/mol. The van der Waals surface area contributed by atoms with Gasteiger partial charge in [-0.3, -0.25) is 4.98 Å². The van der Waals surface area contributed by atoms with Crippen molar-refractivity contribution >= 4 is 24.0 Å². The summed E-state index contributed by atoms with van der Waals surface area (Å²) in [6.45, 7) is 3.53. The highest BCUT2D eigenvalue weighted by atomic mass is 16.3. The number of aliphatic imine (C=N–C) groups is 1. The van der Waals surface area contributed by atoms with Gasteiger partial charge < -0.3 is 15.4 Å². The smallest absolute Gasteiger partial charge is 0.325 e. The Hall–Kier alpha value is -3.10. The first kappa shape index (κ1) is 13.6. The Morgan fingerprint density at radius 3 is 2.96 bits per heavy atom. The molecule has 0 aliphatic heterocycles. The fraction of sp³-hybridized carbons (Fsp3) is 0.286. The maximum absolute atomic E-state index is 11.2. The van der Waals surface area contributed by atoms with Crippen LogP contribution in [0.2, 0.25) is 0 Å². The first-order chi connectivity index (χ1) is 11.1. The summed E-state index contributed by atoms with van der Waals surface area (Å²) in [4.78, 5) is 24.4. The average Bonchev–Trinajstić information content (AvgIpc) is 3.16. The van der Waals surface area contributed by atoms with Crippen LogP contribution in [0.3, 0.4) is 0 Å². The Morgan fingerprint density at radius 2 is 2.30 bits per heavy atom. The molecule has 3 aromatic rings. The Morgan fingerprint density at radius 1 is 1.48 bits per heavy atom. The number of nitrogens with zero attached hydrogens (tertiary/aromatic N) is 4. The van der Waals surface area contributed by atoms with Crippen LogP contribution in [0.25, 0.3) is 5.65 Å². The van der Waals surface area contributed by atoms with Gasteiger partial charge in [0.2, 0.25) is 5.88 Å². The lowest BCUT2D eigenvalue weighted by Gasteiger charge is -2.08. The van der Waals surface area contributed by atoms with Crippen LogP contribution in [0.15, 0.2) is 22.1 Å². The van der Waals surface area contributed by atoms with Crippen LogP contribution in [0.4, 0.5) is 11.6 Å². The van der Waals surface area contributed by atoms with Gasteiger partial charge >= 0.3 is 5.69 Å². The number of imidazole rings is 1. The van der Waals surface area contributed by atoms with Gasteiger partial charge in [-0.05, 0) is 19.6 Å². The van der Waals surface area contributed by atoms with Crippen molar-refractivity contribution in [2.75, 3.05) is 5.32 Å². The van der Waals surface area contributed by atoms with Crippen molar-refractivity contribution in [3.63, 3.8) is 0 Å². The van der Waals surface area contributed by atoms with E-state index in [2.05, 4.69) is 37.1 Å². The van der Waals surface area contributed by atoms with Crippen LogP contribution in [0.5, 0.6) is 5.88 Å². The van der Waals surface area contributed by atoms with Crippen molar-refractivity contribution in [1.29, 1.82) is 0 Å². The van der Waals surface area contributed by atoms with Gasteiger partial charge in [0.05, 0.1) is 11.9 Å². The van der Waals surface area contributed by atoms with Gasteiger partial charge in [-0.2, -0.15) is 9.61 Å². The number of nitrogens with one attached hydrogen (secondary N) is 3. The molecule has 0 spiro atoms. The number of rotatable bonds is 5. The van der Waals surface area contributed by atoms with Gasteiger partial charge in [0.1, 0.15) is 5.82 Å². The molecule has 3 aromatic heterocycles. The molecule has 4 N–H and O–H groups in total. The van der Waals surface area contributed by atoms with Crippen LogP contribution in [0, 0.1) is 0 Å². The number of H-pyrrole nitrogens is 2. The minimum absolute atomic E-state index is 0.177. The summed E-state index contributed by atoms with van der Waals surface area (Å²) in [7, 11) is 0. The number of aromatic hydroxyl groups is 1. The lowest BCUT2D eigenvalue weighted by molar-refractivity contribution is 0.450. The molecule has 0 aromatic carbocycles. The topological polar surface area (TPSA) is 123 Å². The van der Waals surface area contributed by atoms with Crippen LogP contribution in [-0.4, -0.2) is 42.4 Å². The predicted octanol–water partition coefficient (Wildman–Crippen LogP) is 0.948. The van der Waals surface area contributed by atoms with Gasteiger partial charge in [-0.1, -0.05) is 0 Å². The number of aromatic amines is 2. The SMILES string of the molecule is C=Nc1cc(NC2CC2)n2ncc(Cc3[nH]c(=O)[nH]c3O)c2n1. The minimum Gasteiger partial charge on any atom is -0.493 e. The first-order valence-electron chi connectivity index (χ1n) is 7.25. The van der Waals surface area contributed by atoms with E-state index < -0.39 is 5.69 Å². The molecule has 0 saturated heterocycles. The highest BCUT2D eigenvalue weighted by Gasteiger charge is 2.23. The lowest BCUT2D eigenvalue weighted by Crippen LogP contribution is -2.07. The van der Waals surface area contributed by atoms with Crippen molar-refractivity contribution in [2.24, 2.45) is 4.99 Å². The number of aromatic nitrogens is 5. The second-order valence-electron chi connectivity index (χ2n) is 5.56. The van der Waals surface area contributed by atoms with E-state index in [1.54, 1.807) is 16.8 Å². The highest BCUT2D eigenvalue weighted by Crippen LogP contribution is 2.28. The van der Waals surface area contributed by atoms with Crippen LogP contribution in [0.1, 0.15) is 24.1 Å². The zero-order valence-electron chi connectivity index (χ0n) is 12.2. The van der Waals surface area contributed by atoms with Gasteiger partial charge in [0.15, 0.2) is 11.5 Å². The molecule has 0 amide bonds. The van der Waals surface area contributed by atoms with E-state index in [0.29, 0.717) is 29.6 Å². The van der Waals surface area contributed by atoms with E-state index in [4.69, 9.17) is 0 Å². The average molecular weight is 313 g/mol. The van der Waals surface area contributed by atoms with E-state index in [-0.39, 0.29) is 5.88 Å². The monoisotopic (exact) mass is 313 g/mol. The standard InChI is InChI=1S/C14H15N7O2/c1-15-10-5-11(17-8-2-3-8)21-12(19-10)7(6-16-21)4-9-13(22)20-14(23)18-9/h5-6,8,17,22H,1-4H2,(H2,18,20,23). The zero-order chi connectivity index (χ0) is 16.0. The Kier molecular flexibility index (Phi) is 2.93.